The van der Waals surface area contributed by atoms with Crippen LogP contribution in [-0.2, 0) is 0 Å². The number of benzene rings is 1. The Balaban J connectivity index is 2.01. The maximum absolute atomic E-state index is 11.9. The van der Waals surface area contributed by atoms with Gasteiger partial charge in [-0.3, -0.25) is 4.79 Å². The van der Waals surface area contributed by atoms with Crippen molar-refractivity contribution in [1.82, 2.24) is 5.43 Å². The van der Waals surface area contributed by atoms with Gasteiger partial charge in [-0.05, 0) is 52.9 Å². The molecule has 0 bridgehead atoms. The van der Waals surface area contributed by atoms with Crippen molar-refractivity contribution in [2.45, 2.75) is 0 Å². The largest absolute Gasteiger partial charge is 0.449 e. The first-order valence-electron chi connectivity index (χ1n) is 5.92. The van der Waals surface area contributed by atoms with Crippen molar-refractivity contribution >= 4 is 40.4 Å². The van der Waals surface area contributed by atoms with Gasteiger partial charge in [-0.25, -0.2) is 5.43 Å². The van der Waals surface area contributed by atoms with Crippen LogP contribution in [-0.4, -0.2) is 26.2 Å². The van der Waals surface area contributed by atoms with Crippen molar-refractivity contribution in [3.8, 4) is 0 Å². The molecule has 0 saturated carbocycles. The summed E-state index contributed by atoms with van der Waals surface area (Å²) >= 11 is 2.06. The summed E-state index contributed by atoms with van der Waals surface area (Å²) in [6.45, 7) is 0. The number of anilines is 1. The van der Waals surface area contributed by atoms with Gasteiger partial charge in [-0.2, -0.15) is 5.10 Å². The van der Waals surface area contributed by atoms with Crippen molar-refractivity contribution in [3.05, 3.63) is 51.5 Å². The molecule has 0 saturated heterocycles. The van der Waals surface area contributed by atoms with Crippen LogP contribution in [0, 0.1) is 3.77 Å². The Kier molecular flexibility index (Phi) is 4.78. The molecule has 0 fully saturated rings. The maximum atomic E-state index is 11.9. The fraction of sp³-hybridized carbons (Fsp3) is 0.143. The molecule has 0 aliphatic carbocycles. The third-order valence-electron chi connectivity index (χ3n) is 2.58. The number of amides is 1. The smallest absolute Gasteiger partial charge is 0.271 e. The van der Waals surface area contributed by atoms with E-state index in [-0.39, 0.29) is 5.91 Å². The number of furan rings is 1. The van der Waals surface area contributed by atoms with Crippen LogP contribution in [0.15, 0.2) is 45.9 Å². The van der Waals surface area contributed by atoms with Gasteiger partial charge in [0.2, 0.25) is 0 Å². The zero-order valence-corrected chi connectivity index (χ0v) is 13.3. The molecule has 5 nitrogen and oxygen atoms in total. The number of rotatable bonds is 4. The second-order valence-electron chi connectivity index (χ2n) is 4.29. The highest BCUT2D eigenvalue weighted by molar-refractivity contribution is 14.1. The molecule has 0 radical (unpaired) electrons. The van der Waals surface area contributed by atoms with Gasteiger partial charge in [0, 0.05) is 25.3 Å². The van der Waals surface area contributed by atoms with Crippen molar-refractivity contribution < 1.29 is 9.21 Å². The predicted molar refractivity (Wildman–Crippen MR) is 87.3 cm³/mol. The van der Waals surface area contributed by atoms with E-state index in [0.717, 1.165) is 9.45 Å². The number of hydrazone groups is 1. The molecule has 0 aliphatic rings. The van der Waals surface area contributed by atoms with Crippen LogP contribution in [0.25, 0.3) is 0 Å². The van der Waals surface area contributed by atoms with E-state index in [0.29, 0.717) is 11.3 Å². The summed E-state index contributed by atoms with van der Waals surface area (Å²) < 4.78 is 6.07. The lowest BCUT2D eigenvalue weighted by molar-refractivity contribution is 0.0955. The third kappa shape index (κ3) is 3.83. The van der Waals surface area contributed by atoms with E-state index < -0.39 is 0 Å². The van der Waals surface area contributed by atoms with E-state index >= 15 is 0 Å². The van der Waals surface area contributed by atoms with Crippen LogP contribution in [0.2, 0.25) is 0 Å². The van der Waals surface area contributed by atoms with Gasteiger partial charge in [-0.1, -0.05) is 6.07 Å². The molecular weight excluding hydrogens is 369 g/mol. The third-order valence-corrected chi connectivity index (χ3v) is 3.16. The maximum Gasteiger partial charge on any atom is 0.271 e. The summed E-state index contributed by atoms with van der Waals surface area (Å²) in [5, 5.41) is 3.87. The highest BCUT2D eigenvalue weighted by Gasteiger charge is 2.05. The van der Waals surface area contributed by atoms with Crippen LogP contribution >= 0.6 is 22.6 Å². The lowest BCUT2D eigenvalue weighted by atomic mass is 10.2. The fourth-order valence-electron chi connectivity index (χ4n) is 1.54. The number of hydrogen-bond acceptors (Lipinski definition) is 4. The molecule has 1 aromatic heterocycles. The van der Waals surface area contributed by atoms with E-state index in [1.165, 1.54) is 6.21 Å². The Labute approximate surface area is 130 Å². The molecule has 0 unspecified atom stereocenters. The normalized spacial score (nSPS) is 10.8. The number of carbonyl (C=O) groups is 1. The number of carbonyl (C=O) groups excluding carboxylic acids is 1. The quantitative estimate of drug-likeness (QED) is 0.502. The van der Waals surface area contributed by atoms with E-state index in [1.807, 2.05) is 37.2 Å². The first-order chi connectivity index (χ1) is 9.56. The topological polar surface area (TPSA) is 57.8 Å². The van der Waals surface area contributed by atoms with Gasteiger partial charge >= 0.3 is 0 Å². The molecule has 20 heavy (non-hydrogen) atoms. The molecule has 1 aromatic carbocycles. The number of nitrogens with zero attached hydrogens (tertiary/aromatic N) is 2. The second-order valence-corrected chi connectivity index (χ2v) is 5.35. The molecule has 0 atom stereocenters. The lowest BCUT2D eigenvalue weighted by Crippen LogP contribution is -2.18. The van der Waals surface area contributed by atoms with Crippen LogP contribution < -0.4 is 10.3 Å². The van der Waals surface area contributed by atoms with Crippen LogP contribution in [0.3, 0.4) is 0 Å². The minimum absolute atomic E-state index is 0.258. The Morgan fingerprint density at radius 1 is 1.35 bits per heavy atom. The minimum atomic E-state index is -0.258. The first-order valence-corrected chi connectivity index (χ1v) is 7.00. The monoisotopic (exact) mass is 383 g/mol. The Hall–Kier alpha value is -1.83. The summed E-state index contributed by atoms with van der Waals surface area (Å²) in [6, 6.07) is 10.9. The molecule has 6 heteroatoms. The predicted octanol–water partition coefficient (Wildman–Crippen LogP) is 2.71. The number of hydrogen-bond donors (Lipinski definition) is 1. The molecule has 1 amide bonds. The summed E-state index contributed by atoms with van der Waals surface area (Å²) in [7, 11) is 3.85. The standard InChI is InChI=1S/C14H14IN3O2/c1-18(2)11-5-3-4-10(8-11)14(19)17-16-9-12-6-7-13(15)20-12/h3-9H,1-2H3,(H,17,19)/b16-9-. The van der Waals surface area contributed by atoms with Crippen LogP contribution in [0.4, 0.5) is 5.69 Å². The summed E-state index contributed by atoms with van der Waals surface area (Å²) in [5.74, 6) is 0.336. The Bertz CT molecular complexity index is 635. The van der Waals surface area contributed by atoms with Gasteiger partial charge < -0.3 is 9.32 Å². The van der Waals surface area contributed by atoms with Gasteiger partial charge in [0.25, 0.3) is 5.91 Å². The summed E-state index contributed by atoms with van der Waals surface area (Å²) in [5.41, 5.74) is 3.99. The van der Waals surface area contributed by atoms with Crippen molar-refractivity contribution in [1.29, 1.82) is 0 Å². The van der Waals surface area contributed by atoms with E-state index in [1.54, 1.807) is 18.2 Å². The SMILES string of the molecule is CN(C)c1cccc(C(=O)N/N=C\c2ccc(I)o2)c1. The Morgan fingerprint density at radius 2 is 2.15 bits per heavy atom. The second kappa shape index (κ2) is 6.56. The average molecular weight is 383 g/mol. The molecule has 0 spiro atoms. The number of halogens is 1. The van der Waals surface area contributed by atoms with Crippen molar-refractivity contribution in [2.24, 2.45) is 5.10 Å². The summed E-state index contributed by atoms with van der Waals surface area (Å²) in [6.07, 6.45) is 1.47. The fourth-order valence-corrected chi connectivity index (χ4v) is 1.98. The van der Waals surface area contributed by atoms with Gasteiger partial charge in [0.15, 0.2) is 3.77 Å². The van der Waals surface area contributed by atoms with Gasteiger partial charge in [-0.15, -0.1) is 0 Å². The minimum Gasteiger partial charge on any atom is -0.449 e. The zero-order chi connectivity index (χ0) is 14.5. The van der Waals surface area contributed by atoms with Gasteiger partial charge in [0.1, 0.15) is 5.76 Å². The highest BCUT2D eigenvalue weighted by atomic mass is 127. The molecule has 0 aliphatic heterocycles. The number of nitrogens with one attached hydrogen (secondary N) is 1. The molecule has 2 rings (SSSR count). The molecule has 1 N–H and O–H groups in total. The van der Waals surface area contributed by atoms with E-state index in [2.05, 4.69) is 33.1 Å². The van der Waals surface area contributed by atoms with Crippen LogP contribution in [0.1, 0.15) is 16.1 Å². The molecule has 2 aromatic rings. The van der Waals surface area contributed by atoms with Crippen molar-refractivity contribution in [3.63, 3.8) is 0 Å². The molecular formula is C14H14IN3O2. The summed E-state index contributed by atoms with van der Waals surface area (Å²) in [4.78, 5) is 13.9. The van der Waals surface area contributed by atoms with Crippen LogP contribution in [0.5, 0.6) is 0 Å². The van der Waals surface area contributed by atoms with E-state index in [9.17, 15) is 4.79 Å². The average Bonchev–Trinajstić information content (AvgIpc) is 2.84. The Morgan fingerprint density at radius 3 is 2.80 bits per heavy atom. The lowest BCUT2D eigenvalue weighted by Gasteiger charge is -2.12. The van der Waals surface area contributed by atoms with E-state index in [4.69, 9.17) is 4.42 Å². The molecule has 1 heterocycles. The highest BCUT2D eigenvalue weighted by Crippen LogP contribution is 2.13. The molecule has 104 valence electrons. The first kappa shape index (κ1) is 14.6. The zero-order valence-electron chi connectivity index (χ0n) is 11.1. The van der Waals surface area contributed by atoms with Gasteiger partial charge in [0.05, 0.1) is 6.21 Å². The van der Waals surface area contributed by atoms with Crippen molar-refractivity contribution in [2.75, 3.05) is 19.0 Å².